The summed E-state index contributed by atoms with van der Waals surface area (Å²) in [5, 5.41) is 23.5. The Hall–Kier alpha value is -2.28. The Morgan fingerprint density at radius 3 is 2.64 bits per heavy atom. The maximum absolute atomic E-state index is 12.5. The molecule has 0 spiro atoms. The molecule has 0 aromatic heterocycles. The molecule has 1 amide bonds. The van der Waals surface area contributed by atoms with Crippen LogP contribution in [0.4, 0.5) is 5.69 Å². The third-order valence-corrected chi connectivity index (χ3v) is 4.89. The Labute approximate surface area is 165 Å². The number of amides is 1. The molecule has 152 valence electrons. The van der Waals surface area contributed by atoms with Gasteiger partial charge in [0.25, 0.3) is 0 Å². The molecule has 4 atom stereocenters. The summed E-state index contributed by atoms with van der Waals surface area (Å²) in [5.41, 5.74) is 2.19. The molecule has 6 heteroatoms. The number of aliphatic hydroxyl groups excluding tert-OH is 2. The van der Waals surface area contributed by atoms with Crippen molar-refractivity contribution >= 4 is 17.4 Å². The predicted molar refractivity (Wildman–Crippen MR) is 108 cm³/mol. The average Bonchev–Trinajstić information content (AvgIpc) is 2.64. The van der Waals surface area contributed by atoms with Crippen LogP contribution in [0.5, 0.6) is 0 Å². The van der Waals surface area contributed by atoms with Gasteiger partial charge < -0.3 is 20.3 Å². The monoisotopic (exact) mass is 387 g/mol. The van der Waals surface area contributed by atoms with E-state index >= 15 is 0 Å². The van der Waals surface area contributed by atoms with Crippen molar-refractivity contribution in [3.05, 3.63) is 53.6 Å². The van der Waals surface area contributed by atoms with Gasteiger partial charge in [0.1, 0.15) is 6.10 Å². The number of carbonyl (C=O) groups is 2. The maximum Gasteiger partial charge on any atom is 0.227 e. The minimum atomic E-state index is -0.961. The molecule has 2 rings (SSSR count). The molecule has 6 nitrogen and oxygen atoms in total. The lowest BCUT2D eigenvalue weighted by Gasteiger charge is -2.19. The Kier molecular flexibility index (Phi) is 8.11. The van der Waals surface area contributed by atoms with Crippen molar-refractivity contribution in [3.8, 4) is 0 Å². The number of ketones is 1. The van der Waals surface area contributed by atoms with Crippen LogP contribution >= 0.6 is 0 Å². The largest absolute Gasteiger partial charge is 0.392 e. The number of allylic oxidation sites excluding steroid dienone is 1. The highest BCUT2D eigenvalue weighted by molar-refractivity contribution is 5.91. The molecule has 3 N–H and O–H groups in total. The molecule has 0 radical (unpaired) electrons. The molecule has 28 heavy (non-hydrogen) atoms. The van der Waals surface area contributed by atoms with Gasteiger partial charge in [-0.2, -0.15) is 0 Å². The van der Waals surface area contributed by atoms with Gasteiger partial charge in [-0.15, -0.1) is 0 Å². The number of anilines is 1. The zero-order valence-electron chi connectivity index (χ0n) is 16.6. The molecule has 2 bridgehead atoms. The number of hydrogen-bond donors (Lipinski definition) is 3. The molecule has 0 fully saturated rings. The first-order valence-corrected chi connectivity index (χ1v) is 9.45. The summed E-state index contributed by atoms with van der Waals surface area (Å²) in [4.78, 5) is 24.7. The fraction of sp³-hybridized carbons (Fsp3) is 0.455. The fourth-order valence-corrected chi connectivity index (χ4v) is 3.11. The zero-order valence-corrected chi connectivity index (χ0v) is 16.6. The van der Waals surface area contributed by atoms with E-state index in [0.29, 0.717) is 17.7 Å². The number of nitrogens with one attached hydrogen (secondary N) is 1. The van der Waals surface area contributed by atoms with Gasteiger partial charge in [0.15, 0.2) is 5.78 Å². The van der Waals surface area contributed by atoms with Gasteiger partial charge in [-0.1, -0.05) is 37.3 Å². The average molecular weight is 387 g/mol. The first kappa shape index (κ1) is 22.0. The molecule has 0 aliphatic carbocycles. The van der Waals surface area contributed by atoms with Crippen molar-refractivity contribution in [2.24, 2.45) is 5.92 Å². The van der Waals surface area contributed by atoms with Gasteiger partial charge in [-0.25, -0.2) is 0 Å². The van der Waals surface area contributed by atoms with Crippen molar-refractivity contribution in [2.45, 2.75) is 51.4 Å². The topological polar surface area (TPSA) is 95.9 Å². The summed E-state index contributed by atoms with van der Waals surface area (Å²) in [7, 11) is 1.46. The lowest BCUT2D eigenvalue weighted by Crippen LogP contribution is -2.28. The molecular formula is C22H29NO5. The van der Waals surface area contributed by atoms with E-state index in [2.05, 4.69) is 5.32 Å². The first-order valence-electron chi connectivity index (χ1n) is 9.45. The predicted octanol–water partition coefficient (Wildman–Crippen LogP) is 2.41. The number of aliphatic hydroxyl groups is 2. The van der Waals surface area contributed by atoms with Crippen molar-refractivity contribution in [1.29, 1.82) is 0 Å². The first-order chi connectivity index (χ1) is 13.3. The molecular weight excluding hydrogens is 358 g/mol. The third kappa shape index (κ3) is 6.41. The van der Waals surface area contributed by atoms with Crippen LogP contribution in [0.25, 0.3) is 0 Å². The summed E-state index contributed by atoms with van der Waals surface area (Å²) < 4.78 is 5.26. The van der Waals surface area contributed by atoms with E-state index < -0.39 is 18.3 Å². The summed E-state index contributed by atoms with van der Waals surface area (Å²) in [6.45, 7) is 3.48. The highest BCUT2D eigenvalue weighted by atomic mass is 16.5. The van der Waals surface area contributed by atoms with Crippen LogP contribution in [0.15, 0.2) is 48.1 Å². The summed E-state index contributed by atoms with van der Waals surface area (Å²) >= 11 is 0. The van der Waals surface area contributed by atoms with Crippen LogP contribution in [-0.2, 0) is 20.7 Å². The molecule has 0 unspecified atom stereocenters. The molecule has 1 aromatic rings. The number of ether oxygens (including phenoxy) is 1. The third-order valence-electron chi connectivity index (χ3n) is 4.89. The molecule has 0 saturated carbocycles. The molecule has 1 heterocycles. The lowest BCUT2D eigenvalue weighted by atomic mass is 9.94. The second-order valence-electron chi connectivity index (χ2n) is 7.26. The van der Waals surface area contributed by atoms with Crippen LogP contribution in [0, 0.1) is 5.92 Å². The fourth-order valence-electron chi connectivity index (χ4n) is 3.11. The lowest BCUT2D eigenvalue weighted by molar-refractivity contribution is -0.128. The van der Waals surface area contributed by atoms with E-state index in [9.17, 15) is 19.8 Å². The normalized spacial score (nSPS) is 30.7. The van der Waals surface area contributed by atoms with E-state index in [-0.39, 0.29) is 30.4 Å². The number of benzene rings is 1. The number of hydrogen-bond acceptors (Lipinski definition) is 5. The minimum absolute atomic E-state index is 0.0557. The summed E-state index contributed by atoms with van der Waals surface area (Å²) in [5.74, 6) is -0.853. The SMILES string of the molecule is CO[C@@H]1/C=C/Cc2cccc(c2)NC(=O)C[C@H](O)/C(C)=C/[C@H](C)[C@@H](O)CC1=O. The van der Waals surface area contributed by atoms with E-state index in [0.717, 1.165) is 5.56 Å². The Balaban J connectivity index is 2.30. The van der Waals surface area contributed by atoms with Crippen LogP contribution in [0.3, 0.4) is 0 Å². The summed E-state index contributed by atoms with van der Waals surface area (Å²) in [6, 6.07) is 7.40. The number of methoxy groups -OCH3 is 1. The van der Waals surface area contributed by atoms with E-state index in [1.807, 2.05) is 24.3 Å². The van der Waals surface area contributed by atoms with E-state index in [1.165, 1.54) is 7.11 Å². The second-order valence-corrected chi connectivity index (χ2v) is 7.26. The minimum Gasteiger partial charge on any atom is -0.392 e. The van der Waals surface area contributed by atoms with Crippen molar-refractivity contribution in [1.82, 2.24) is 0 Å². The smallest absolute Gasteiger partial charge is 0.227 e. The van der Waals surface area contributed by atoms with Crippen LogP contribution in [-0.4, -0.2) is 47.3 Å². The van der Waals surface area contributed by atoms with Gasteiger partial charge in [-0.05, 0) is 36.6 Å². The van der Waals surface area contributed by atoms with Crippen molar-refractivity contribution in [2.75, 3.05) is 12.4 Å². The quantitative estimate of drug-likeness (QED) is 0.643. The Morgan fingerprint density at radius 1 is 1.18 bits per heavy atom. The van der Waals surface area contributed by atoms with Gasteiger partial charge in [0.2, 0.25) is 5.91 Å². The van der Waals surface area contributed by atoms with Crippen molar-refractivity contribution in [3.63, 3.8) is 0 Å². The highest BCUT2D eigenvalue weighted by Crippen LogP contribution is 2.18. The summed E-state index contributed by atoms with van der Waals surface area (Å²) in [6.07, 6.45) is 3.07. The van der Waals surface area contributed by atoms with Gasteiger partial charge in [0.05, 0.1) is 18.6 Å². The van der Waals surface area contributed by atoms with Gasteiger partial charge in [-0.3, -0.25) is 9.59 Å². The van der Waals surface area contributed by atoms with Gasteiger partial charge in [0, 0.05) is 25.1 Å². The van der Waals surface area contributed by atoms with Crippen LogP contribution in [0.1, 0.15) is 32.3 Å². The van der Waals surface area contributed by atoms with E-state index in [1.54, 1.807) is 32.1 Å². The molecule has 0 saturated heterocycles. The number of fused-ring (bicyclic) bond motifs is 2. The Bertz CT molecular complexity index is 755. The number of carbonyl (C=O) groups excluding carboxylic acids is 2. The highest BCUT2D eigenvalue weighted by Gasteiger charge is 2.23. The van der Waals surface area contributed by atoms with E-state index in [4.69, 9.17) is 4.74 Å². The number of rotatable bonds is 1. The van der Waals surface area contributed by atoms with Gasteiger partial charge >= 0.3 is 0 Å². The number of Topliss-reactive ketones (excluding diaryl/α,β-unsaturated/α-hetero) is 1. The molecule has 1 aliphatic heterocycles. The maximum atomic E-state index is 12.5. The standard InChI is InChI=1S/C22H29NO5/c1-14-10-15(2)19(25)13-22(27)23-17-8-4-6-16(11-17)7-5-9-21(28-3)20(26)12-18(14)24/h4-6,8-11,14,18-19,21,24-25H,7,12-13H2,1-3H3,(H,23,27)/b9-5+,15-10+/t14-,18-,19-,21+/m0/s1. The molecule has 1 aromatic carbocycles. The molecule has 1 aliphatic rings. The van der Waals surface area contributed by atoms with Crippen LogP contribution in [0.2, 0.25) is 0 Å². The Morgan fingerprint density at radius 2 is 1.93 bits per heavy atom. The van der Waals surface area contributed by atoms with Crippen molar-refractivity contribution < 1.29 is 24.5 Å². The van der Waals surface area contributed by atoms with Crippen LogP contribution < -0.4 is 5.32 Å². The zero-order chi connectivity index (χ0) is 20.7. The second kappa shape index (κ2) is 10.3.